The minimum atomic E-state index is 0.672. The predicted octanol–water partition coefficient (Wildman–Crippen LogP) is 3.76. The van der Waals surface area contributed by atoms with Crippen molar-refractivity contribution in [2.24, 2.45) is 0 Å². The fourth-order valence-electron chi connectivity index (χ4n) is 2.53. The number of nitrogens with zero attached hydrogens (tertiary/aromatic N) is 1. The number of benzene rings is 2. The maximum Gasteiger partial charge on any atom is 0.0637 e. The molecule has 0 bridgehead atoms. The molecule has 0 aliphatic heterocycles. The molecular weight excluding hydrogens is 320 g/mol. The van der Waals surface area contributed by atoms with E-state index in [2.05, 4.69) is 47.6 Å². The summed E-state index contributed by atoms with van der Waals surface area (Å²) in [7, 11) is 3.44. The number of anilines is 2. The predicted molar refractivity (Wildman–Crippen MR) is 104 cm³/mol. The van der Waals surface area contributed by atoms with Crippen molar-refractivity contribution in [3.05, 3.63) is 42.5 Å². The number of ether oxygens (including phenoxy) is 2. The number of nitrogen functional groups attached to an aromatic ring is 1. The number of rotatable bonds is 9. The lowest BCUT2D eigenvalue weighted by atomic mass is 10.0. The van der Waals surface area contributed by atoms with Gasteiger partial charge in [-0.3, -0.25) is 0 Å². The molecule has 2 rings (SSSR count). The van der Waals surface area contributed by atoms with Gasteiger partial charge in [-0.15, -0.1) is 11.8 Å². The molecule has 0 radical (unpaired) electrons. The van der Waals surface area contributed by atoms with Crippen molar-refractivity contribution in [2.75, 3.05) is 57.4 Å². The summed E-state index contributed by atoms with van der Waals surface area (Å²) >= 11 is 1.74. The molecule has 0 aliphatic carbocycles. The van der Waals surface area contributed by atoms with E-state index in [1.807, 2.05) is 6.07 Å². The van der Waals surface area contributed by atoms with Crippen LogP contribution in [0.1, 0.15) is 0 Å². The molecule has 130 valence electrons. The Labute approximate surface area is 148 Å². The van der Waals surface area contributed by atoms with E-state index in [0.717, 1.165) is 35.6 Å². The number of hydrogen-bond acceptors (Lipinski definition) is 5. The average molecular weight is 346 g/mol. The second-order valence-corrected chi connectivity index (χ2v) is 6.35. The van der Waals surface area contributed by atoms with Crippen LogP contribution in [0.5, 0.6) is 0 Å². The second-order valence-electron chi connectivity index (χ2n) is 5.47. The fraction of sp³-hybridized carbons (Fsp3) is 0.368. The highest BCUT2D eigenvalue weighted by atomic mass is 32.2. The monoisotopic (exact) mass is 346 g/mol. The van der Waals surface area contributed by atoms with Crippen LogP contribution in [0.15, 0.2) is 47.4 Å². The van der Waals surface area contributed by atoms with Gasteiger partial charge >= 0.3 is 0 Å². The molecule has 0 heterocycles. The largest absolute Gasteiger partial charge is 0.398 e. The second kappa shape index (κ2) is 9.57. The Morgan fingerprint density at radius 1 is 0.958 bits per heavy atom. The van der Waals surface area contributed by atoms with Gasteiger partial charge in [-0.25, -0.2) is 0 Å². The Kier molecular flexibility index (Phi) is 7.43. The summed E-state index contributed by atoms with van der Waals surface area (Å²) < 4.78 is 10.5. The lowest BCUT2D eigenvalue weighted by Crippen LogP contribution is -2.30. The summed E-state index contributed by atoms with van der Waals surface area (Å²) in [6.45, 7) is 2.97. The molecule has 0 saturated carbocycles. The minimum Gasteiger partial charge on any atom is -0.398 e. The van der Waals surface area contributed by atoms with E-state index in [-0.39, 0.29) is 0 Å². The third kappa shape index (κ3) is 4.90. The molecule has 5 heteroatoms. The van der Waals surface area contributed by atoms with Crippen molar-refractivity contribution in [3.8, 4) is 11.1 Å². The van der Waals surface area contributed by atoms with Gasteiger partial charge in [0.25, 0.3) is 0 Å². The average Bonchev–Trinajstić information content (AvgIpc) is 2.63. The fourth-order valence-corrected chi connectivity index (χ4v) is 2.94. The molecule has 0 unspecified atom stereocenters. The van der Waals surface area contributed by atoms with Crippen LogP contribution < -0.4 is 10.6 Å². The third-order valence-electron chi connectivity index (χ3n) is 3.93. The summed E-state index contributed by atoms with van der Waals surface area (Å²) in [5.74, 6) is 0. The van der Waals surface area contributed by atoms with Crippen LogP contribution in [0, 0.1) is 0 Å². The van der Waals surface area contributed by atoms with Gasteiger partial charge in [0.1, 0.15) is 0 Å². The molecule has 2 aromatic carbocycles. The van der Waals surface area contributed by atoms with Crippen molar-refractivity contribution in [3.63, 3.8) is 0 Å². The van der Waals surface area contributed by atoms with Crippen LogP contribution in [0.2, 0.25) is 0 Å². The molecule has 0 amide bonds. The topological polar surface area (TPSA) is 47.7 Å². The Bertz CT molecular complexity index is 624. The van der Waals surface area contributed by atoms with Crippen molar-refractivity contribution in [1.29, 1.82) is 0 Å². The van der Waals surface area contributed by atoms with Crippen molar-refractivity contribution in [2.45, 2.75) is 4.90 Å². The zero-order valence-electron chi connectivity index (χ0n) is 14.6. The first-order valence-electron chi connectivity index (χ1n) is 7.96. The smallest absolute Gasteiger partial charge is 0.0637 e. The Hall–Kier alpha value is -1.69. The highest BCUT2D eigenvalue weighted by molar-refractivity contribution is 7.98. The summed E-state index contributed by atoms with van der Waals surface area (Å²) in [6.07, 6.45) is 2.08. The molecule has 0 aromatic heterocycles. The van der Waals surface area contributed by atoms with E-state index in [0.29, 0.717) is 13.2 Å². The molecule has 2 N–H and O–H groups in total. The van der Waals surface area contributed by atoms with E-state index in [4.69, 9.17) is 15.2 Å². The summed E-state index contributed by atoms with van der Waals surface area (Å²) in [6, 6.07) is 14.7. The van der Waals surface area contributed by atoms with Crippen LogP contribution in [-0.2, 0) is 9.47 Å². The highest BCUT2D eigenvalue weighted by Gasteiger charge is 2.10. The zero-order chi connectivity index (χ0) is 17.4. The highest BCUT2D eigenvalue weighted by Crippen LogP contribution is 2.31. The quantitative estimate of drug-likeness (QED) is 0.553. The molecule has 0 spiro atoms. The SMILES string of the molecule is COCCN(CCOC)c1ccc(N)c(-c2ccc(SC)cc2)c1. The van der Waals surface area contributed by atoms with Crippen LogP contribution >= 0.6 is 11.8 Å². The maximum atomic E-state index is 6.22. The van der Waals surface area contributed by atoms with Crippen molar-refractivity contribution >= 4 is 23.1 Å². The third-order valence-corrected chi connectivity index (χ3v) is 4.68. The summed E-state index contributed by atoms with van der Waals surface area (Å²) in [5, 5.41) is 0. The zero-order valence-corrected chi connectivity index (χ0v) is 15.4. The van der Waals surface area contributed by atoms with Gasteiger partial charge in [0.05, 0.1) is 13.2 Å². The van der Waals surface area contributed by atoms with E-state index >= 15 is 0 Å². The molecule has 0 atom stereocenters. The molecule has 0 fully saturated rings. The van der Waals surface area contributed by atoms with Crippen LogP contribution in [0.25, 0.3) is 11.1 Å². The summed E-state index contributed by atoms with van der Waals surface area (Å²) in [4.78, 5) is 3.50. The number of methoxy groups -OCH3 is 2. The first-order chi connectivity index (χ1) is 11.7. The Morgan fingerprint density at radius 2 is 1.58 bits per heavy atom. The standard InChI is InChI=1S/C19H26N2O2S/c1-22-12-10-21(11-13-23-2)16-6-9-19(20)18(14-16)15-4-7-17(24-3)8-5-15/h4-9,14H,10-13,20H2,1-3H3. The van der Waals surface area contributed by atoms with Gasteiger partial charge in [0, 0.05) is 49.1 Å². The molecule has 4 nitrogen and oxygen atoms in total. The van der Waals surface area contributed by atoms with Gasteiger partial charge in [-0.05, 0) is 42.2 Å². The molecule has 2 aromatic rings. The normalized spacial score (nSPS) is 10.8. The van der Waals surface area contributed by atoms with E-state index in [9.17, 15) is 0 Å². The lowest BCUT2D eigenvalue weighted by molar-refractivity contribution is 0.190. The van der Waals surface area contributed by atoms with Gasteiger partial charge < -0.3 is 20.1 Å². The first-order valence-corrected chi connectivity index (χ1v) is 9.19. The lowest BCUT2D eigenvalue weighted by Gasteiger charge is -2.25. The molecule has 0 saturated heterocycles. The molecule has 24 heavy (non-hydrogen) atoms. The van der Waals surface area contributed by atoms with Gasteiger partial charge in [0.15, 0.2) is 0 Å². The molecular formula is C19H26N2O2S. The number of nitrogens with two attached hydrogens (primary N) is 1. The summed E-state index contributed by atoms with van der Waals surface area (Å²) in [5.41, 5.74) is 10.3. The van der Waals surface area contributed by atoms with Crippen LogP contribution in [0.3, 0.4) is 0 Å². The van der Waals surface area contributed by atoms with Crippen LogP contribution in [0.4, 0.5) is 11.4 Å². The van der Waals surface area contributed by atoms with Crippen molar-refractivity contribution in [1.82, 2.24) is 0 Å². The molecule has 0 aliphatic rings. The first kappa shape index (κ1) is 18.6. The maximum absolute atomic E-state index is 6.22. The van der Waals surface area contributed by atoms with E-state index in [1.165, 1.54) is 4.90 Å². The van der Waals surface area contributed by atoms with E-state index in [1.54, 1.807) is 26.0 Å². The minimum absolute atomic E-state index is 0.672. The van der Waals surface area contributed by atoms with Crippen molar-refractivity contribution < 1.29 is 9.47 Å². The number of hydrogen-bond donors (Lipinski definition) is 1. The Morgan fingerprint density at radius 3 is 2.12 bits per heavy atom. The van der Waals surface area contributed by atoms with E-state index < -0.39 is 0 Å². The van der Waals surface area contributed by atoms with Gasteiger partial charge in [-0.2, -0.15) is 0 Å². The van der Waals surface area contributed by atoms with Gasteiger partial charge in [0.2, 0.25) is 0 Å². The van der Waals surface area contributed by atoms with Crippen LogP contribution in [-0.4, -0.2) is 46.8 Å². The Balaban J connectivity index is 2.30. The number of thioether (sulfide) groups is 1. The van der Waals surface area contributed by atoms with Gasteiger partial charge in [-0.1, -0.05) is 12.1 Å².